The molecule has 0 spiro atoms. The number of halogens is 1. The normalized spacial score (nSPS) is 17.3. The van der Waals surface area contributed by atoms with E-state index in [4.69, 9.17) is 16.3 Å². The first-order valence-corrected chi connectivity index (χ1v) is 10.5. The van der Waals surface area contributed by atoms with Gasteiger partial charge in [0.2, 0.25) is 5.95 Å². The van der Waals surface area contributed by atoms with E-state index in [0.29, 0.717) is 17.4 Å². The maximum atomic E-state index is 11.3. The number of ether oxygens (including phenoxy) is 1. The monoisotopic (exact) mass is 416 g/mol. The molecule has 6 nitrogen and oxygen atoms in total. The summed E-state index contributed by atoms with van der Waals surface area (Å²) in [6.45, 7) is 8.16. The zero-order valence-electron chi connectivity index (χ0n) is 17.6. The molecule has 3 rings (SSSR count). The first-order valence-electron chi connectivity index (χ1n) is 10.1. The van der Waals surface area contributed by atoms with Crippen molar-refractivity contribution in [3.05, 3.63) is 41.0 Å². The summed E-state index contributed by atoms with van der Waals surface area (Å²) in [4.78, 5) is 24.4. The molecule has 1 aromatic carbocycles. The molecule has 1 aliphatic rings. The number of nitrogens with zero attached hydrogens (tertiary/aromatic N) is 4. The highest BCUT2D eigenvalue weighted by atomic mass is 35.5. The molecule has 2 atom stereocenters. The predicted octanol–water partition coefficient (Wildman–Crippen LogP) is 4.33. The minimum Gasteiger partial charge on any atom is -0.489 e. The molecule has 1 fully saturated rings. The van der Waals surface area contributed by atoms with E-state index in [1.165, 1.54) is 0 Å². The number of carbonyl (C=O) groups is 1. The number of aromatic nitrogens is 2. The third-order valence-corrected chi connectivity index (χ3v) is 5.59. The van der Waals surface area contributed by atoms with Crippen LogP contribution in [0.15, 0.2) is 30.5 Å². The topological polar surface area (TPSA) is 58.6 Å². The van der Waals surface area contributed by atoms with Gasteiger partial charge in [-0.15, -0.1) is 0 Å². The van der Waals surface area contributed by atoms with Crippen molar-refractivity contribution in [2.45, 2.75) is 45.6 Å². The Hall–Kier alpha value is -2.34. The molecule has 0 aliphatic carbocycles. The second kappa shape index (κ2) is 9.44. The van der Waals surface area contributed by atoms with Crippen LogP contribution in [0.5, 0.6) is 5.75 Å². The summed E-state index contributed by atoms with van der Waals surface area (Å²) in [6, 6.07) is 8.06. The number of hydrogen-bond donors (Lipinski definition) is 0. The lowest BCUT2D eigenvalue weighted by molar-refractivity contribution is -0.117. The number of carbonyl (C=O) groups excluding carboxylic acids is 1. The molecule has 1 saturated heterocycles. The van der Waals surface area contributed by atoms with Crippen molar-refractivity contribution in [2.24, 2.45) is 0 Å². The molecule has 0 amide bonds. The summed E-state index contributed by atoms with van der Waals surface area (Å²) < 4.78 is 6.18. The Kier molecular flexibility index (Phi) is 6.96. The Balaban J connectivity index is 1.62. The maximum Gasteiger partial charge on any atom is 0.227 e. The highest BCUT2D eigenvalue weighted by molar-refractivity contribution is 6.32. The Labute approximate surface area is 177 Å². The predicted molar refractivity (Wildman–Crippen MR) is 117 cm³/mol. The van der Waals surface area contributed by atoms with Crippen molar-refractivity contribution in [3.63, 3.8) is 0 Å². The van der Waals surface area contributed by atoms with Crippen molar-refractivity contribution in [2.75, 3.05) is 36.5 Å². The van der Waals surface area contributed by atoms with Crippen molar-refractivity contribution < 1.29 is 9.53 Å². The van der Waals surface area contributed by atoms with E-state index in [0.717, 1.165) is 43.2 Å². The van der Waals surface area contributed by atoms with E-state index in [2.05, 4.69) is 28.7 Å². The number of hydrogen-bond acceptors (Lipinski definition) is 6. The molecule has 0 unspecified atom stereocenters. The van der Waals surface area contributed by atoms with Crippen molar-refractivity contribution in [1.82, 2.24) is 9.97 Å². The van der Waals surface area contributed by atoms with Crippen molar-refractivity contribution in [3.8, 4) is 5.75 Å². The minimum absolute atomic E-state index is 0.0777. The molecular formula is C22H29ClN4O2. The summed E-state index contributed by atoms with van der Waals surface area (Å²) in [5.74, 6) is 2.71. The van der Waals surface area contributed by atoms with Gasteiger partial charge < -0.3 is 19.3 Å². The van der Waals surface area contributed by atoms with Gasteiger partial charge in [0.15, 0.2) is 5.82 Å². The SMILES string of the molecule is CCN(C)c1ncc(Cl)c(N2CC[C@@H](Oc3ccc([C@H](C)CC(C)=O)cc3)C2)n1. The van der Waals surface area contributed by atoms with Crippen LogP contribution < -0.4 is 14.5 Å². The van der Waals surface area contributed by atoms with Gasteiger partial charge in [-0.3, -0.25) is 0 Å². The number of rotatable bonds is 8. The molecule has 0 bridgehead atoms. The first kappa shape index (κ1) is 21.4. The Morgan fingerprint density at radius 2 is 2.10 bits per heavy atom. The minimum atomic E-state index is 0.0777. The van der Waals surface area contributed by atoms with Gasteiger partial charge in [0.1, 0.15) is 22.7 Å². The van der Waals surface area contributed by atoms with Crippen molar-refractivity contribution >= 4 is 29.2 Å². The van der Waals surface area contributed by atoms with Gasteiger partial charge in [0, 0.05) is 33.0 Å². The van der Waals surface area contributed by atoms with E-state index in [1.54, 1.807) is 13.1 Å². The van der Waals surface area contributed by atoms with Crippen LogP contribution in [-0.2, 0) is 4.79 Å². The van der Waals surface area contributed by atoms with E-state index in [9.17, 15) is 4.79 Å². The van der Waals surface area contributed by atoms with Crippen LogP contribution in [0.3, 0.4) is 0 Å². The zero-order chi connectivity index (χ0) is 21.0. The number of anilines is 2. The number of ketones is 1. The molecule has 0 radical (unpaired) electrons. The molecule has 2 aromatic rings. The summed E-state index contributed by atoms with van der Waals surface area (Å²) in [5, 5.41) is 0.558. The van der Waals surface area contributed by atoms with Crippen LogP contribution in [0, 0.1) is 0 Å². The zero-order valence-corrected chi connectivity index (χ0v) is 18.3. The quantitative estimate of drug-likeness (QED) is 0.638. The van der Waals surface area contributed by atoms with Crippen LogP contribution in [-0.4, -0.2) is 48.5 Å². The molecule has 29 heavy (non-hydrogen) atoms. The first-order chi connectivity index (χ1) is 13.9. The molecule has 1 aromatic heterocycles. The van der Waals surface area contributed by atoms with E-state index < -0.39 is 0 Å². The summed E-state index contributed by atoms with van der Waals surface area (Å²) >= 11 is 6.37. The van der Waals surface area contributed by atoms with Crippen LogP contribution in [0.2, 0.25) is 5.02 Å². The van der Waals surface area contributed by atoms with E-state index in [-0.39, 0.29) is 17.8 Å². The fourth-order valence-electron chi connectivity index (χ4n) is 3.53. The lowest BCUT2D eigenvalue weighted by Gasteiger charge is -2.21. The summed E-state index contributed by atoms with van der Waals surface area (Å²) in [7, 11) is 1.96. The van der Waals surface area contributed by atoms with Crippen LogP contribution >= 0.6 is 11.6 Å². The largest absolute Gasteiger partial charge is 0.489 e. The Morgan fingerprint density at radius 1 is 1.38 bits per heavy atom. The van der Waals surface area contributed by atoms with Crippen LogP contribution in [0.4, 0.5) is 11.8 Å². The average molecular weight is 417 g/mol. The third kappa shape index (κ3) is 5.38. The molecule has 1 aliphatic heterocycles. The maximum absolute atomic E-state index is 11.3. The van der Waals surface area contributed by atoms with Gasteiger partial charge in [-0.25, -0.2) is 4.98 Å². The van der Waals surface area contributed by atoms with Crippen LogP contribution in [0.25, 0.3) is 0 Å². The molecular weight excluding hydrogens is 388 g/mol. The molecule has 7 heteroatoms. The summed E-state index contributed by atoms with van der Waals surface area (Å²) in [5.41, 5.74) is 1.15. The molecule has 0 N–H and O–H groups in total. The van der Waals surface area contributed by atoms with Crippen molar-refractivity contribution in [1.29, 1.82) is 0 Å². The Morgan fingerprint density at radius 3 is 2.76 bits per heavy atom. The average Bonchev–Trinajstić information content (AvgIpc) is 3.16. The summed E-state index contributed by atoms with van der Waals surface area (Å²) in [6.07, 6.45) is 3.21. The molecule has 0 saturated carbocycles. The van der Waals surface area contributed by atoms with Gasteiger partial charge in [0.25, 0.3) is 0 Å². The number of benzene rings is 1. The van der Waals surface area contributed by atoms with Gasteiger partial charge in [-0.2, -0.15) is 4.98 Å². The fourth-order valence-corrected chi connectivity index (χ4v) is 3.74. The van der Waals surface area contributed by atoms with E-state index in [1.807, 2.05) is 36.2 Å². The third-order valence-electron chi connectivity index (χ3n) is 5.32. The number of Topliss-reactive ketones (excluding diaryl/α,β-unsaturated/α-hetero) is 1. The van der Waals surface area contributed by atoms with Gasteiger partial charge >= 0.3 is 0 Å². The molecule has 2 heterocycles. The standard InChI is InChI=1S/C22H29ClN4O2/c1-5-26(4)22-24-13-20(23)21(25-22)27-11-10-19(14-27)29-18-8-6-17(7-9-18)15(2)12-16(3)28/h6-9,13,15,19H,5,10-12,14H2,1-4H3/t15-,19-/m1/s1. The van der Waals surface area contributed by atoms with Gasteiger partial charge in [0.05, 0.1) is 12.7 Å². The van der Waals surface area contributed by atoms with Gasteiger partial charge in [-0.1, -0.05) is 30.7 Å². The highest BCUT2D eigenvalue weighted by Crippen LogP contribution is 2.29. The second-order valence-electron chi connectivity index (χ2n) is 7.71. The van der Waals surface area contributed by atoms with E-state index >= 15 is 0 Å². The fraction of sp³-hybridized carbons (Fsp3) is 0.500. The highest BCUT2D eigenvalue weighted by Gasteiger charge is 2.27. The van der Waals surface area contributed by atoms with Gasteiger partial charge in [-0.05, 0) is 37.5 Å². The Bertz CT molecular complexity index is 843. The smallest absolute Gasteiger partial charge is 0.227 e. The lowest BCUT2D eigenvalue weighted by Crippen LogP contribution is -2.27. The lowest BCUT2D eigenvalue weighted by atomic mass is 9.96. The second-order valence-corrected chi connectivity index (χ2v) is 8.11. The molecule has 156 valence electrons. The van der Waals surface area contributed by atoms with Crippen LogP contribution in [0.1, 0.15) is 45.1 Å².